The average molecular weight is 268 g/mol. The fraction of sp³-hybridized carbons (Fsp3) is 0.235. The van der Waals surface area contributed by atoms with Gasteiger partial charge in [0.15, 0.2) is 0 Å². The Morgan fingerprint density at radius 1 is 1.00 bits per heavy atom. The van der Waals surface area contributed by atoms with E-state index in [1.165, 1.54) is 5.56 Å². The third kappa shape index (κ3) is 3.18. The van der Waals surface area contributed by atoms with E-state index in [4.69, 9.17) is 0 Å². The van der Waals surface area contributed by atoms with Crippen LogP contribution < -0.4 is 10.2 Å². The van der Waals surface area contributed by atoms with Crippen LogP contribution in [0.2, 0.25) is 0 Å². The summed E-state index contributed by atoms with van der Waals surface area (Å²) in [5.41, 5.74) is 4.86. The molecule has 0 aliphatic heterocycles. The van der Waals surface area contributed by atoms with Crippen LogP contribution in [0.4, 0.5) is 11.4 Å². The Morgan fingerprint density at radius 3 is 2.20 bits per heavy atom. The Kier molecular flexibility index (Phi) is 4.08. The fourth-order valence-corrected chi connectivity index (χ4v) is 2.06. The first-order valence-corrected chi connectivity index (χ1v) is 6.63. The van der Waals surface area contributed by atoms with Crippen molar-refractivity contribution < 1.29 is 4.79 Å². The number of amides is 1. The molecular weight excluding hydrogens is 248 g/mol. The van der Waals surface area contributed by atoms with Gasteiger partial charge >= 0.3 is 0 Å². The molecule has 3 heteroatoms. The van der Waals surface area contributed by atoms with Gasteiger partial charge in [-0.1, -0.05) is 17.7 Å². The quantitative estimate of drug-likeness (QED) is 0.922. The molecule has 2 aromatic rings. The van der Waals surface area contributed by atoms with Crippen molar-refractivity contribution in [2.75, 3.05) is 24.3 Å². The largest absolute Gasteiger partial charge is 0.378 e. The summed E-state index contributed by atoms with van der Waals surface area (Å²) in [7, 11) is 3.95. The molecule has 104 valence electrons. The molecule has 1 amide bonds. The van der Waals surface area contributed by atoms with E-state index >= 15 is 0 Å². The van der Waals surface area contributed by atoms with Crippen LogP contribution in [0.5, 0.6) is 0 Å². The van der Waals surface area contributed by atoms with Crippen molar-refractivity contribution in [3.63, 3.8) is 0 Å². The van der Waals surface area contributed by atoms with Crippen LogP contribution in [0.15, 0.2) is 42.5 Å². The van der Waals surface area contributed by atoms with Crippen molar-refractivity contribution in [2.24, 2.45) is 0 Å². The second-order valence-electron chi connectivity index (χ2n) is 5.21. The lowest BCUT2D eigenvalue weighted by molar-refractivity contribution is 0.102. The van der Waals surface area contributed by atoms with Crippen LogP contribution in [0.25, 0.3) is 0 Å². The van der Waals surface area contributed by atoms with Crippen LogP contribution in [0.3, 0.4) is 0 Å². The lowest BCUT2D eigenvalue weighted by Gasteiger charge is -2.13. The molecule has 20 heavy (non-hydrogen) atoms. The van der Waals surface area contributed by atoms with Gasteiger partial charge in [-0.25, -0.2) is 0 Å². The maximum Gasteiger partial charge on any atom is 0.255 e. The molecule has 0 atom stereocenters. The summed E-state index contributed by atoms with van der Waals surface area (Å²) in [6.07, 6.45) is 0. The summed E-state index contributed by atoms with van der Waals surface area (Å²) < 4.78 is 0. The van der Waals surface area contributed by atoms with Gasteiger partial charge < -0.3 is 10.2 Å². The maximum absolute atomic E-state index is 12.2. The second kappa shape index (κ2) is 5.78. The first kappa shape index (κ1) is 14.1. The highest BCUT2D eigenvalue weighted by molar-refractivity contribution is 6.04. The van der Waals surface area contributed by atoms with Gasteiger partial charge in [0.05, 0.1) is 0 Å². The molecule has 2 rings (SSSR count). The van der Waals surface area contributed by atoms with E-state index in [-0.39, 0.29) is 5.91 Å². The minimum Gasteiger partial charge on any atom is -0.378 e. The SMILES string of the molecule is Cc1ccc(NC(=O)c2ccc(N(C)C)cc2)c(C)c1. The fourth-order valence-electron chi connectivity index (χ4n) is 2.06. The first-order valence-electron chi connectivity index (χ1n) is 6.63. The highest BCUT2D eigenvalue weighted by Crippen LogP contribution is 2.18. The monoisotopic (exact) mass is 268 g/mol. The van der Waals surface area contributed by atoms with E-state index in [1.807, 2.05) is 69.2 Å². The number of carbonyl (C=O) groups excluding carboxylic acids is 1. The Hall–Kier alpha value is -2.29. The third-order valence-corrected chi connectivity index (χ3v) is 3.28. The molecule has 0 spiro atoms. The molecule has 0 bridgehead atoms. The van der Waals surface area contributed by atoms with Crippen LogP contribution in [-0.2, 0) is 0 Å². The van der Waals surface area contributed by atoms with Gasteiger partial charge in [0.25, 0.3) is 5.91 Å². The summed E-state index contributed by atoms with van der Waals surface area (Å²) in [5, 5.41) is 2.95. The van der Waals surface area contributed by atoms with Gasteiger partial charge in [0, 0.05) is 31.0 Å². The molecule has 0 saturated carbocycles. The van der Waals surface area contributed by atoms with Crippen molar-refractivity contribution in [3.8, 4) is 0 Å². The molecule has 2 aromatic carbocycles. The van der Waals surface area contributed by atoms with Gasteiger partial charge in [-0.2, -0.15) is 0 Å². The minimum atomic E-state index is -0.0812. The molecule has 0 aliphatic rings. The van der Waals surface area contributed by atoms with Crippen molar-refractivity contribution in [1.82, 2.24) is 0 Å². The van der Waals surface area contributed by atoms with Crippen molar-refractivity contribution >= 4 is 17.3 Å². The third-order valence-electron chi connectivity index (χ3n) is 3.28. The zero-order valence-electron chi connectivity index (χ0n) is 12.4. The van der Waals surface area contributed by atoms with Crippen molar-refractivity contribution in [2.45, 2.75) is 13.8 Å². The predicted molar refractivity (Wildman–Crippen MR) is 84.6 cm³/mol. The molecule has 0 aliphatic carbocycles. The van der Waals surface area contributed by atoms with Gasteiger partial charge in [-0.05, 0) is 49.7 Å². The number of nitrogens with zero attached hydrogens (tertiary/aromatic N) is 1. The van der Waals surface area contributed by atoms with Crippen LogP contribution >= 0.6 is 0 Å². The minimum absolute atomic E-state index is 0.0812. The van der Waals surface area contributed by atoms with E-state index in [2.05, 4.69) is 11.4 Å². The lowest BCUT2D eigenvalue weighted by Crippen LogP contribution is -2.13. The van der Waals surface area contributed by atoms with Crippen molar-refractivity contribution in [1.29, 1.82) is 0 Å². The highest BCUT2D eigenvalue weighted by atomic mass is 16.1. The van der Waals surface area contributed by atoms with Crippen LogP contribution in [0.1, 0.15) is 21.5 Å². The molecule has 1 N–H and O–H groups in total. The molecule has 3 nitrogen and oxygen atoms in total. The van der Waals surface area contributed by atoms with E-state index in [1.54, 1.807) is 0 Å². The number of anilines is 2. The molecule has 0 unspecified atom stereocenters. The van der Waals surface area contributed by atoms with Gasteiger partial charge in [-0.3, -0.25) is 4.79 Å². The van der Waals surface area contributed by atoms with Crippen molar-refractivity contribution in [3.05, 3.63) is 59.2 Å². The van der Waals surface area contributed by atoms with E-state index in [0.29, 0.717) is 5.56 Å². The summed E-state index contributed by atoms with van der Waals surface area (Å²) in [6, 6.07) is 13.6. The normalized spacial score (nSPS) is 10.2. The molecule has 0 fully saturated rings. The highest BCUT2D eigenvalue weighted by Gasteiger charge is 2.08. The van der Waals surface area contributed by atoms with Gasteiger partial charge in [0.2, 0.25) is 0 Å². The summed E-state index contributed by atoms with van der Waals surface area (Å²) in [5.74, 6) is -0.0812. The number of benzene rings is 2. The summed E-state index contributed by atoms with van der Waals surface area (Å²) >= 11 is 0. The van der Waals surface area contributed by atoms with Gasteiger partial charge in [0.1, 0.15) is 0 Å². The molecule has 0 heterocycles. The average Bonchev–Trinajstić information content (AvgIpc) is 2.42. The van der Waals surface area contributed by atoms with E-state index in [0.717, 1.165) is 16.9 Å². The van der Waals surface area contributed by atoms with E-state index < -0.39 is 0 Å². The topological polar surface area (TPSA) is 32.3 Å². The number of aryl methyl sites for hydroxylation is 2. The maximum atomic E-state index is 12.2. The number of carbonyl (C=O) groups is 1. The second-order valence-corrected chi connectivity index (χ2v) is 5.21. The molecule has 0 aromatic heterocycles. The standard InChI is InChI=1S/C17H20N2O/c1-12-5-10-16(13(2)11-12)18-17(20)14-6-8-15(9-7-14)19(3)4/h5-11H,1-4H3,(H,18,20). The Bertz CT molecular complexity index is 615. The number of nitrogens with one attached hydrogen (secondary N) is 1. The zero-order chi connectivity index (χ0) is 14.7. The number of hydrogen-bond donors (Lipinski definition) is 1. The first-order chi connectivity index (χ1) is 9.47. The smallest absolute Gasteiger partial charge is 0.255 e. The Balaban J connectivity index is 2.15. The molecular formula is C17H20N2O. The van der Waals surface area contributed by atoms with Crippen LogP contribution in [0, 0.1) is 13.8 Å². The summed E-state index contributed by atoms with van der Waals surface area (Å²) in [4.78, 5) is 14.2. The lowest BCUT2D eigenvalue weighted by atomic mass is 10.1. The Morgan fingerprint density at radius 2 is 1.65 bits per heavy atom. The van der Waals surface area contributed by atoms with E-state index in [9.17, 15) is 4.79 Å². The molecule has 0 radical (unpaired) electrons. The zero-order valence-corrected chi connectivity index (χ0v) is 12.4. The predicted octanol–water partition coefficient (Wildman–Crippen LogP) is 3.62. The summed E-state index contributed by atoms with van der Waals surface area (Å²) in [6.45, 7) is 4.04. The Labute approximate surface area is 120 Å². The number of hydrogen-bond acceptors (Lipinski definition) is 2. The van der Waals surface area contributed by atoms with Crippen LogP contribution in [-0.4, -0.2) is 20.0 Å². The molecule has 0 saturated heterocycles. The number of rotatable bonds is 3. The van der Waals surface area contributed by atoms with Gasteiger partial charge in [-0.15, -0.1) is 0 Å².